The van der Waals surface area contributed by atoms with Crippen LogP contribution in [0.25, 0.3) is 0 Å². The summed E-state index contributed by atoms with van der Waals surface area (Å²) in [4.78, 5) is 18.4. The number of benzene rings is 1. The predicted molar refractivity (Wildman–Crippen MR) is 111 cm³/mol. The van der Waals surface area contributed by atoms with Crippen LogP contribution in [-0.4, -0.2) is 10.4 Å². The van der Waals surface area contributed by atoms with E-state index in [-0.39, 0.29) is 11.2 Å². The lowest BCUT2D eigenvalue weighted by Crippen LogP contribution is -2.30. The van der Waals surface area contributed by atoms with Gasteiger partial charge >= 0.3 is 0 Å². The fraction of sp³-hybridized carbons (Fsp3) is 0.500. The second kappa shape index (κ2) is 8.67. The number of hydrogen-bond acceptors (Lipinski definition) is 4. The first-order chi connectivity index (χ1) is 12.7. The van der Waals surface area contributed by atoms with Crippen molar-refractivity contribution in [3.8, 4) is 6.07 Å². The van der Waals surface area contributed by atoms with Gasteiger partial charge in [0.1, 0.15) is 0 Å². The summed E-state index contributed by atoms with van der Waals surface area (Å²) in [6, 6.07) is 7.77. The third-order valence-electron chi connectivity index (χ3n) is 4.44. The number of nitrogens with zero attached hydrogens (tertiary/aromatic N) is 3. The van der Waals surface area contributed by atoms with Gasteiger partial charge in [-0.05, 0) is 42.5 Å². The molecule has 1 heterocycles. The highest BCUT2D eigenvalue weighted by Crippen LogP contribution is 2.22. The van der Waals surface area contributed by atoms with E-state index < -0.39 is 0 Å². The van der Waals surface area contributed by atoms with Crippen LogP contribution in [0.2, 0.25) is 0 Å². The minimum atomic E-state index is -0.385. The molecule has 0 saturated carbocycles. The van der Waals surface area contributed by atoms with E-state index in [0.29, 0.717) is 18.0 Å². The Hall–Kier alpha value is -2.19. The first kappa shape index (κ1) is 21.1. The van der Waals surface area contributed by atoms with Crippen LogP contribution in [0.5, 0.6) is 0 Å². The molecule has 0 saturated heterocycles. The van der Waals surface area contributed by atoms with Crippen molar-refractivity contribution in [3.63, 3.8) is 0 Å². The molecular weight excluding hydrogens is 354 g/mol. The van der Waals surface area contributed by atoms with Gasteiger partial charge < -0.3 is 4.57 Å². The van der Waals surface area contributed by atoms with E-state index in [9.17, 15) is 4.79 Å². The largest absolute Gasteiger partial charge is 0.313 e. The molecule has 144 valence electrons. The SMILES string of the molecule is CCc1cc(C#N)ccc1N=c1scc(CC(C)C)n1CC(=O)C(C)(C)C. The van der Waals surface area contributed by atoms with E-state index >= 15 is 0 Å². The van der Waals surface area contributed by atoms with E-state index in [2.05, 4.69) is 36.8 Å². The van der Waals surface area contributed by atoms with Gasteiger partial charge in [0.2, 0.25) is 0 Å². The van der Waals surface area contributed by atoms with Gasteiger partial charge in [0.25, 0.3) is 0 Å². The zero-order chi connectivity index (χ0) is 20.2. The summed E-state index contributed by atoms with van der Waals surface area (Å²) in [5, 5.41) is 11.2. The molecule has 0 aliphatic heterocycles. The Morgan fingerprint density at radius 3 is 2.59 bits per heavy atom. The average molecular weight is 384 g/mol. The maximum Gasteiger partial charge on any atom is 0.190 e. The Bertz CT molecular complexity index is 920. The number of rotatable bonds is 6. The van der Waals surface area contributed by atoms with Crippen molar-refractivity contribution in [1.29, 1.82) is 5.26 Å². The lowest BCUT2D eigenvalue weighted by atomic mass is 9.91. The maximum absolute atomic E-state index is 12.7. The van der Waals surface area contributed by atoms with Gasteiger partial charge in [-0.25, -0.2) is 4.99 Å². The molecule has 2 aromatic rings. The summed E-state index contributed by atoms with van der Waals surface area (Å²) in [7, 11) is 0. The molecule has 0 unspecified atom stereocenters. The molecule has 27 heavy (non-hydrogen) atoms. The molecule has 0 aliphatic carbocycles. The number of hydrogen-bond donors (Lipinski definition) is 0. The fourth-order valence-corrected chi connectivity index (χ4v) is 3.66. The summed E-state index contributed by atoms with van der Waals surface area (Å²) in [5.74, 6) is 0.701. The lowest BCUT2D eigenvalue weighted by molar-refractivity contribution is -0.126. The van der Waals surface area contributed by atoms with E-state index in [1.165, 1.54) is 0 Å². The molecule has 4 nitrogen and oxygen atoms in total. The molecule has 0 radical (unpaired) electrons. The second-order valence-corrected chi connectivity index (χ2v) is 9.12. The summed E-state index contributed by atoms with van der Waals surface area (Å²) in [6.45, 7) is 12.6. The van der Waals surface area contributed by atoms with Crippen molar-refractivity contribution in [2.75, 3.05) is 0 Å². The Morgan fingerprint density at radius 2 is 2.04 bits per heavy atom. The topological polar surface area (TPSA) is 58.1 Å². The van der Waals surface area contributed by atoms with Crippen LogP contribution in [0.1, 0.15) is 58.4 Å². The fourth-order valence-electron chi connectivity index (χ4n) is 2.73. The maximum atomic E-state index is 12.7. The van der Waals surface area contributed by atoms with Gasteiger partial charge in [0, 0.05) is 16.5 Å². The van der Waals surface area contributed by atoms with Crippen LogP contribution < -0.4 is 4.80 Å². The molecule has 5 heteroatoms. The standard InChI is InChI=1S/C22H29N3OS/c1-7-17-11-16(12-23)8-9-19(17)24-21-25(13-20(26)22(4,5)6)18(14-27-21)10-15(2)3/h8-9,11,14-15H,7,10,13H2,1-6H3. The minimum absolute atomic E-state index is 0.197. The van der Waals surface area contributed by atoms with Crippen LogP contribution in [0.3, 0.4) is 0 Å². The number of carbonyl (C=O) groups is 1. The Labute approximate surface area is 166 Å². The van der Waals surface area contributed by atoms with Gasteiger partial charge in [0.05, 0.1) is 23.9 Å². The van der Waals surface area contributed by atoms with Crippen molar-refractivity contribution < 1.29 is 4.79 Å². The highest BCUT2D eigenvalue weighted by atomic mass is 32.1. The second-order valence-electron chi connectivity index (χ2n) is 8.29. The third-order valence-corrected chi connectivity index (χ3v) is 5.35. The number of carbonyl (C=O) groups excluding carboxylic acids is 1. The number of Topliss-reactive ketones (excluding diaryl/α,β-unsaturated/α-hetero) is 1. The molecule has 0 N–H and O–H groups in total. The Kier molecular flexibility index (Phi) is 6.78. The van der Waals surface area contributed by atoms with Crippen molar-refractivity contribution >= 4 is 22.8 Å². The van der Waals surface area contributed by atoms with E-state index in [1.54, 1.807) is 17.4 Å². The van der Waals surface area contributed by atoms with Crippen LogP contribution in [-0.2, 0) is 24.2 Å². The monoisotopic (exact) mass is 383 g/mol. The van der Waals surface area contributed by atoms with Crippen molar-refractivity contribution in [2.24, 2.45) is 16.3 Å². The number of aromatic nitrogens is 1. The molecule has 0 fully saturated rings. The molecule has 1 aromatic carbocycles. The number of aryl methyl sites for hydroxylation is 1. The minimum Gasteiger partial charge on any atom is -0.313 e. The molecule has 0 spiro atoms. The zero-order valence-electron chi connectivity index (χ0n) is 17.2. The lowest BCUT2D eigenvalue weighted by Gasteiger charge is -2.18. The molecule has 2 rings (SSSR count). The highest BCUT2D eigenvalue weighted by Gasteiger charge is 2.23. The first-order valence-electron chi connectivity index (χ1n) is 9.44. The van der Waals surface area contributed by atoms with Crippen molar-refractivity contribution in [1.82, 2.24) is 4.57 Å². The molecule has 1 aromatic heterocycles. The molecule has 0 bridgehead atoms. The van der Waals surface area contributed by atoms with Gasteiger partial charge in [-0.3, -0.25) is 4.79 Å². The van der Waals surface area contributed by atoms with Crippen LogP contribution in [0, 0.1) is 22.7 Å². The van der Waals surface area contributed by atoms with Crippen LogP contribution in [0.4, 0.5) is 5.69 Å². The van der Waals surface area contributed by atoms with Gasteiger partial charge in [0.15, 0.2) is 10.6 Å². The van der Waals surface area contributed by atoms with Crippen LogP contribution >= 0.6 is 11.3 Å². The van der Waals surface area contributed by atoms with Gasteiger partial charge in [-0.1, -0.05) is 41.5 Å². The smallest absolute Gasteiger partial charge is 0.190 e. The van der Waals surface area contributed by atoms with E-state index in [4.69, 9.17) is 10.3 Å². The summed E-state index contributed by atoms with van der Waals surface area (Å²) >= 11 is 1.57. The Balaban J connectivity index is 2.56. The zero-order valence-corrected chi connectivity index (χ0v) is 18.0. The molecule has 0 aliphatic rings. The van der Waals surface area contributed by atoms with Gasteiger partial charge in [-0.15, -0.1) is 11.3 Å². The quantitative estimate of drug-likeness (QED) is 0.702. The van der Waals surface area contributed by atoms with E-state index in [1.807, 2.05) is 32.9 Å². The number of nitriles is 1. The molecule has 0 amide bonds. The molecular formula is C22H29N3OS. The third kappa shape index (κ3) is 5.40. The van der Waals surface area contributed by atoms with E-state index in [0.717, 1.165) is 34.6 Å². The normalized spacial score (nSPS) is 12.4. The average Bonchev–Trinajstić information content (AvgIpc) is 2.95. The Morgan fingerprint density at radius 1 is 1.33 bits per heavy atom. The van der Waals surface area contributed by atoms with Gasteiger partial charge in [-0.2, -0.15) is 5.26 Å². The summed E-state index contributed by atoms with van der Waals surface area (Å²) in [6.07, 6.45) is 1.72. The molecule has 0 atom stereocenters. The van der Waals surface area contributed by atoms with Crippen molar-refractivity contribution in [2.45, 2.75) is 60.9 Å². The van der Waals surface area contributed by atoms with Crippen molar-refractivity contribution in [3.05, 3.63) is 45.2 Å². The first-order valence-corrected chi connectivity index (χ1v) is 10.3. The summed E-state index contributed by atoms with van der Waals surface area (Å²) < 4.78 is 2.07. The highest BCUT2D eigenvalue weighted by molar-refractivity contribution is 7.07. The summed E-state index contributed by atoms with van der Waals surface area (Å²) in [5.41, 5.74) is 3.32. The predicted octanol–water partition coefficient (Wildman–Crippen LogP) is 5.03. The van der Waals surface area contributed by atoms with Crippen LogP contribution in [0.15, 0.2) is 28.6 Å². The number of ketones is 1. The number of thiazole rings is 1.